The number of hydrogen-bond donors (Lipinski definition) is 3. The molecule has 2 rings (SSSR count). The number of aromatic amines is 1. The summed E-state index contributed by atoms with van der Waals surface area (Å²) < 4.78 is 11.5. The van der Waals surface area contributed by atoms with Crippen molar-refractivity contribution in [1.82, 2.24) is 9.55 Å². The Morgan fingerprint density at radius 3 is 2.83 bits per heavy atom. The van der Waals surface area contributed by atoms with Crippen molar-refractivity contribution in [2.45, 2.75) is 51.0 Å². The van der Waals surface area contributed by atoms with Gasteiger partial charge in [-0.05, 0) is 19.3 Å². The maximum Gasteiger partial charge on any atom is 0.330 e. The summed E-state index contributed by atoms with van der Waals surface area (Å²) in [5.41, 5.74) is -0.691. The van der Waals surface area contributed by atoms with Gasteiger partial charge >= 0.3 is 11.7 Å². The lowest BCUT2D eigenvalue weighted by Gasteiger charge is -2.15. The van der Waals surface area contributed by atoms with Crippen molar-refractivity contribution in [3.8, 4) is 0 Å². The Bertz CT molecular complexity index is 681. The molecule has 3 N–H and O–H groups in total. The third-order valence-electron chi connectivity index (χ3n) is 3.88. The summed E-state index contributed by atoms with van der Waals surface area (Å²) in [4.78, 5) is 36.7. The number of nitrogens with one attached hydrogen (secondary N) is 1. The van der Waals surface area contributed by atoms with Crippen molar-refractivity contribution < 1.29 is 24.5 Å². The zero-order valence-electron chi connectivity index (χ0n) is 13.4. The third kappa shape index (κ3) is 4.53. The number of rotatable bonds is 7. The van der Waals surface area contributed by atoms with E-state index in [1.54, 1.807) is 0 Å². The SMILES string of the molecule is CC(=O)OCCCCc1cn([C@@H]2CC(O)[C@H](CO)O2)c(=O)[nH]c1=O. The number of aryl methyl sites for hydroxylation is 1. The minimum absolute atomic E-state index is 0.156. The normalized spacial score (nSPS) is 23.4. The lowest BCUT2D eigenvalue weighted by molar-refractivity contribution is -0.141. The number of nitrogens with zero attached hydrogens (tertiary/aromatic N) is 1. The molecular formula is C15H22N2O7. The summed E-state index contributed by atoms with van der Waals surface area (Å²) in [6, 6.07) is 0. The van der Waals surface area contributed by atoms with Gasteiger partial charge in [-0.2, -0.15) is 0 Å². The van der Waals surface area contributed by atoms with Gasteiger partial charge in [0.15, 0.2) is 0 Å². The zero-order chi connectivity index (χ0) is 17.7. The molecule has 0 amide bonds. The molecule has 1 saturated heterocycles. The van der Waals surface area contributed by atoms with Crippen LogP contribution in [0.3, 0.4) is 0 Å². The average Bonchev–Trinajstić information content (AvgIpc) is 2.89. The molecule has 134 valence electrons. The van der Waals surface area contributed by atoms with Crippen molar-refractivity contribution in [3.05, 3.63) is 32.6 Å². The van der Waals surface area contributed by atoms with Gasteiger partial charge in [-0.3, -0.25) is 19.1 Å². The van der Waals surface area contributed by atoms with E-state index in [9.17, 15) is 19.5 Å². The number of carbonyl (C=O) groups is 1. The van der Waals surface area contributed by atoms with Crippen LogP contribution in [0, 0.1) is 0 Å². The number of esters is 1. The summed E-state index contributed by atoms with van der Waals surface area (Å²) >= 11 is 0. The second kappa shape index (κ2) is 8.22. The Hall–Kier alpha value is -1.97. The number of aromatic nitrogens is 2. The molecule has 0 spiro atoms. The maximum absolute atomic E-state index is 12.0. The first-order chi connectivity index (χ1) is 11.4. The fourth-order valence-electron chi connectivity index (χ4n) is 2.60. The highest BCUT2D eigenvalue weighted by atomic mass is 16.5. The second-order valence-corrected chi connectivity index (χ2v) is 5.73. The average molecular weight is 342 g/mol. The van der Waals surface area contributed by atoms with Crippen LogP contribution in [-0.2, 0) is 20.7 Å². The highest BCUT2D eigenvalue weighted by Crippen LogP contribution is 2.27. The fourth-order valence-corrected chi connectivity index (χ4v) is 2.60. The molecule has 0 radical (unpaired) electrons. The van der Waals surface area contributed by atoms with Crippen LogP contribution in [-0.4, -0.2) is 51.2 Å². The molecule has 9 heteroatoms. The van der Waals surface area contributed by atoms with E-state index in [0.29, 0.717) is 24.8 Å². The molecule has 1 fully saturated rings. The van der Waals surface area contributed by atoms with Crippen molar-refractivity contribution in [2.24, 2.45) is 0 Å². The molecule has 1 aliphatic heterocycles. The predicted molar refractivity (Wildman–Crippen MR) is 82.5 cm³/mol. The minimum atomic E-state index is -0.869. The Morgan fingerprint density at radius 1 is 1.46 bits per heavy atom. The van der Waals surface area contributed by atoms with E-state index < -0.39 is 29.7 Å². The molecule has 9 nitrogen and oxygen atoms in total. The van der Waals surface area contributed by atoms with Crippen LogP contribution < -0.4 is 11.2 Å². The van der Waals surface area contributed by atoms with Gasteiger partial charge in [-0.25, -0.2) is 4.79 Å². The summed E-state index contributed by atoms with van der Waals surface area (Å²) in [6.07, 6.45) is 0.849. The molecule has 0 saturated carbocycles. The number of hydrogen-bond acceptors (Lipinski definition) is 7. The van der Waals surface area contributed by atoms with Gasteiger partial charge in [-0.1, -0.05) is 0 Å². The number of unbranched alkanes of at least 4 members (excludes halogenated alkanes) is 1. The summed E-state index contributed by atoms with van der Waals surface area (Å²) in [7, 11) is 0. The quantitative estimate of drug-likeness (QED) is 0.431. The topological polar surface area (TPSA) is 131 Å². The van der Waals surface area contributed by atoms with E-state index >= 15 is 0 Å². The molecule has 24 heavy (non-hydrogen) atoms. The highest BCUT2D eigenvalue weighted by molar-refractivity contribution is 5.65. The smallest absolute Gasteiger partial charge is 0.330 e. The van der Waals surface area contributed by atoms with Crippen molar-refractivity contribution >= 4 is 5.97 Å². The van der Waals surface area contributed by atoms with Crippen molar-refractivity contribution in [3.63, 3.8) is 0 Å². The van der Waals surface area contributed by atoms with E-state index in [1.807, 2.05) is 0 Å². The molecule has 1 aromatic rings. The van der Waals surface area contributed by atoms with Crippen LogP contribution in [0.2, 0.25) is 0 Å². The van der Waals surface area contributed by atoms with Crippen LogP contribution in [0.5, 0.6) is 0 Å². The second-order valence-electron chi connectivity index (χ2n) is 5.73. The van der Waals surface area contributed by atoms with E-state index in [4.69, 9.17) is 14.6 Å². The van der Waals surface area contributed by atoms with Crippen LogP contribution in [0.25, 0.3) is 0 Å². The summed E-state index contributed by atoms with van der Waals surface area (Å²) in [5, 5.41) is 18.9. The number of carbonyl (C=O) groups excluding carboxylic acids is 1. The molecule has 0 bridgehead atoms. The van der Waals surface area contributed by atoms with Crippen molar-refractivity contribution in [2.75, 3.05) is 13.2 Å². The first-order valence-electron chi connectivity index (χ1n) is 7.84. The molecule has 3 atom stereocenters. The van der Waals surface area contributed by atoms with Gasteiger partial charge in [0.05, 0.1) is 19.3 Å². The molecule has 1 aromatic heterocycles. The van der Waals surface area contributed by atoms with E-state index in [2.05, 4.69) is 4.98 Å². The van der Waals surface area contributed by atoms with Crippen LogP contribution in [0.1, 0.15) is 38.0 Å². The van der Waals surface area contributed by atoms with E-state index in [1.165, 1.54) is 17.7 Å². The Morgan fingerprint density at radius 2 is 2.21 bits per heavy atom. The fraction of sp³-hybridized carbons (Fsp3) is 0.667. The Kier molecular flexibility index (Phi) is 6.29. The number of ether oxygens (including phenoxy) is 2. The zero-order valence-corrected chi connectivity index (χ0v) is 13.4. The van der Waals surface area contributed by atoms with Gasteiger partial charge in [0.2, 0.25) is 0 Å². The Labute approximate surface area is 137 Å². The lowest BCUT2D eigenvalue weighted by atomic mass is 10.1. The standard InChI is InChI=1S/C15H22N2O7/c1-9(19)23-5-3-2-4-10-7-17(15(22)16-14(10)21)13-6-11(20)12(8-18)24-13/h7,11-13,18,20H,2-6,8H2,1H3,(H,16,21,22)/t11?,12-,13-/m0/s1. The van der Waals surface area contributed by atoms with Crippen LogP contribution >= 0.6 is 0 Å². The molecule has 2 heterocycles. The summed E-state index contributed by atoms with van der Waals surface area (Å²) in [6.45, 7) is 1.26. The maximum atomic E-state index is 12.0. The van der Waals surface area contributed by atoms with E-state index in [-0.39, 0.29) is 25.6 Å². The van der Waals surface area contributed by atoms with E-state index in [0.717, 1.165) is 0 Å². The number of aliphatic hydroxyl groups excluding tert-OH is 2. The highest BCUT2D eigenvalue weighted by Gasteiger charge is 2.35. The monoisotopic (exact) mass is 342 g/mol. The largest absolute Gasteiger partial charge is 0.466 e. The first-order valence-corrected chi connectivity index (χ1v) is 7.84. The third-order valence-corrected chi connectivity index (χ3v) is 3.88. The molecule has 1 aliphatic rings. The Balaban J connectivity index is 2.04. The van der Waals surface area contributed by atoms with Gasteiger partial charge < -0.3 is 19.7 Å². The van der Waals surface area contributed by atoms with Gasteiger partial charge in [0, 0.05) is 25.1 Å². The first kappa shape index (κ1) is 18.4. The molecular weight excluding hydrogens is 320 g/mol. The lowest BCUT2D eigenvalue weighted by Crippen LogP contribution is -2.34. The van der Waals surface area contributed by atoms with Crippen LogP contribution in [0.15, 0.2) is 15.8 Å². The molecule has 0 aromatic carbocycles. The van der Waals surface area contributed by atoms with Crippen LogP contribution in [0.4, 0.5) is 0 Å². The number of aliphatic hydroxyl groups is 2. The predicted octanol–water partition coefficient (Wildman–Crippen LogP) is -0.937. The van der Waals surface area contributed by atoms with Gasteiger partial charge in [0.1, 0.15) is 12.3 Å². The number of H-pyrrole nitrogens is 1. The molecule has 0 aliphatic carbocycles. The molecule has 1 unspecified atom stereocenters. The van der Waals surface area contributed by atoms with Crippen molar-refractivity contribution in [1.29, 1.82) is 0 Å². The summed E-state index contributed by atoms with van der Waals surface area (Å²) in [5.74, 6) is -0.350. The minimum Gasteiger partial charge on any atom is -0.466 e. The van der Waals surface area contributed by atoms with Gasteiger partial charge in [-0.15, -0.1) is 0 Å². The van der Waals surface area contributed by atoms with Gasteiger partial charge in [0.25, 0.3) is 5.56 Å².